The van der Waals surface area contributed by atoms with E-state index in [0.29, 0.717) is 30.4 Å². The van der Waals surface area contributed by atoms with Crippen LogP contribution in [0.5, 0.6) is 0 Å². The maximum atomic E-state index is 12.1. The molecule has 1 saturated heterocycles. The van der Waals surface area contributed by atoms with Gasteiger partial charge in [0, 0.05) is 38.9 Å². The average Bonchev–Trinajstić information content (AvgIpc) is 3.16. The van der Waals surface area contributed by atoms with Crippen LogP contribution in [-0.4, -0.2) is 64.2 Å². The van der Waals surface area contributed by atoms with E-state index in [1.165, 1.54) is 6.26 Å². The minimum absolute atomic E-state index is 0.179. The fourth-order valence-corrected chi connectivity index (χ4v) is 3.59. The predicted octanol–water partition coefficient (Wildman–Crippen LogP) is 1.20. The summed E-state index contributed by atoms with van der Waals surface area (Å²) in [7, 11) is -3.16. The van der Waals surface area contributed by atoms with Crippen molar-refractivity contribution in [3.05, 3.63) is 29.8 Å². The molecular formula is C19H30N4O3S. The molecule has 1 aromatic carbocycles. The van der Waals surface area contributed by atoms with E-state index in [0.717, 1.165) is 44.5 Å². The van der Waals surface area contributed by atoms with Crippen molar-refractivity contribution in [2.75, 3.05) is 39.0 Å². The molecule has 8 heteroatoms. The quantitative estimate of drug-likeness (QED) is 0.511. The third kappa shape index (κ3) is 7.21. The van der Waals surface area contributed by atoms with Gasteiger partial charge in [0.1, 0.15) is 0 Å². The highest BCUT2D eigenvalue weighted by atomic mass is 32.2. The number of sulfone groups is 1. The molecule has 0 atom stereocenters. The first-order valence-electron chi connectivity index (χ1n) is 9.49. The van der Waals surface area contributed by atoms with Crippen molar-refractivity contribution in [3.63, 3.8) is 0 Å². The zero-order chi connectivity index (χ0) is 19.7. The molecule has 1 heterocycles. The zero-order valence-electron chi connectivity index (χ0n) is 16.2. The predicted molar refractivity (Wildman–Crippen MR) is 108 cm³/mol. The van der Waals surface area contributed by atoms with Crippen LogP contribution < -0.4 is 10.6 Å². The van der Waals surface area contributed by atoms with Crippen molar-refractivity contribution in [1.29, 1.82) is 0 Å². The monoisotopic (exact) mass is 394 g/mol. The maximum Gasteiger partial charge on any atom is 0.224 e. The van der Waals surface area contributed by atoms with Gasteiger partial charge in [-0.15, -0.1) is 0 Å². The second-order valence-corrected chi connectivity index (χ2v) is 8.71. The Labute approximate surface area is 162 Å². The number of hydrogen-bond acceptors (Lipinski definition) is 4. The molecule has 27 heavy (non-hydrogen) atoms. The van der Waals surface area contributed by atoms with Crippen molar-refractivity contribution in [2.45, 2.75) is 37.5 Å². The van der Waals surface area contributed by atoms with Crippen molar-refractivity contribution < 1.29 is 13.2 Å². The van der Waals surface area contributed by atoms with Crippen molar-refractivity contribution in [1.82, 2.24) is 15.5 Å². The Balaban J connectivity index is 1.78. The lowest BCUT2D eigenvalue weighted by molar-refractivity contribution is -0.129. The topological polar surface area (TPSA) is 90.9 Å². The number of guanidine groups is 1. The molecule has 2 N–H and O–H groups in total. The number of rotatable bonds is 8. The number of benzene rings is 1. The molecule has 1 aliphatic rings. The minimum atomic E-state index is -3.16. The number of carbonyl (C=O) groups is 1. The largest absolute Gasteiger partial charge is 0.357 e. The summed E-state index contributed by atoms with van der Waals surface area (Å²) in [6.45, 7) is 5.63. The molecule has 1 amide bonds. The van der Waals surface area contributed by atoms with Gasteiger partial charge < -0.3 is 15.5 Å². The Hall–Kier alpha value is -2.09. The number of aliphatic imine (C=N–C) groups is 1. The van der Waals surface area contributed by atoms with Crippen molar-refractivity contribution in [3.8, 4) is 0 Å². The summed E-state index contributed by atoms with van der Waals surface area (Å²) >= 11 is 0. The summed E-state index contributed by atoms with van der Waals surface area (Å²) < 4.78 is 23.0. The van der Waals surface area contributed by atoms with Crippen LogP contribution in [0.15, 0.2) is 34.2 Å². The van der Waals surface area contributed by atoms with E-state index >= 15 is 0 Å². The van der Waals surface area contributed by atoms with Gasteiger partial charge in [0.2, 0.25) is 5.91 Å². The molecule has 0 bridgehead atoms. The first-order valence-corrected chi connectivity index (χ1v) is 11.4. The van der Waals surface area contributed by atoms with E-state index in [-0.39, 0.29) is 5.91 Å². The maximum absolute atomic E-state index is 12.1. The lowest BCUT2D eigenvalue weighted by atomic mass is 10.1. The highest BCUT2D eigenvalue weighted by Crippen LogP contribution is 2.10. The SMILES string of the molecule is CCNC(=NCCC(=O)N1CCCC1)NCCc1ccc(S(C)(=O)=O)cc1. The smallest absolute Gasteiger partial charge is 0.224 e. The summed E-state index contributed by atoms with van der Waals surface area (Å²) in [5.74, 6) is 0.873. The molecular weight excluding hydrogens is 364 g/mol. The standard InChI is InChI=1S/C19H30N4O3S/c1-3-20-19(22-13-11-18(24)23-14-4-5-15-23)21-12-10-16-6-8-17(9-7-16)27(2,25)26/h6-9H,3-5,10-15H2,1-2H3,(H2,20,21,22). The second-order valence-electron chi connectivity index (χ2n) is 6.69. The molecule has 1 fully saturated rings. The lowest BCUT2D eigenvalue weighted by Gasteiger charge is -2.15. The lowest BCUT2D eigenvalue weighted by Crippen LogP contribution is -2.38. The van der Waals surface area contributed by atoms with Crippen LogP contribution in [0.25, 0.3) is 0 Å². The molecule has 150 valence electrons. The molecule has 1 aromatic rings. The number of carbonyl (C=O) groups excluding carboxylic acids is 1. The third-order valence-electron chi connectivity index (χ3n) is 4.46. The molecule has 2 rings (SSSR count). The third-order valence-corrected chi connectivity index (χ3v) is 5.58. The van der Waals surface area contributed by atoms with Gasteiger partial charge in [-0.2, -0.15) is 0 Å². The summed E-state index contributed by atoms with van der Waals surface area (Å²) in [6.07, 6.45) is 4.59. The van der Waals surface area contributed by atoms with Gasteiger partial charge in [-0.1, -0.05) is 12.1 Å². The normalized spacial score (nSPS) is 15.0. The van der Waals surface area contributed by atoms with Crippen LogP contribution in [0.1, 0.15) is 31.7 Å². The summed E-state index contributed by atoms with van der Waals surface area (Å²) in [5.41, 5.74) is 1.05. The molecule has 0 aliphatic carbocycles. The fraction of sp³-hybridized carbons (Fsp3) is 0.579. The van der Waals surface area contributed by atoms with Crippen LogP contribution in [-0.2, 0) is 21.1 Å². The summed E-state index contributed by atoms with van der Waals surface area (Å²) in [5, 5.41) is 6.43. The van der Waals surface area contributed by atoms with Crippen molar-refractivity contribution >= 4 is 21.7 Å². The summed E-state index contributed by atoms with van der Waals surface area (Å²) in [6, 6.07) is 6.93. The summed E-state index contributed by atoms with van der Waals surface area (Å²) in [4.78, 5) is 18.8. The average molecular weight is 395 g/mol. The van der Waals surface area contributed by atoms with Crippen LogP contribution >= 0.6 is 0 Å². The van der Waals surface area contributed by atoms with E-state index in [9.17, 15) is 13.2 Å². The number of likely N-dealkylation sites (tertiary alicyclic amines) is 1. The molecule has 0 spiro atoms. The first-order chi connectivity index (χ1) is 12.9. The molecule has 0 radical (unpaired) electrons. The number of nitrogens with zero attached hydrogens (tertiary/aromatic N) is 2. The van der Waals surface area contributed by atoms with E-state index in [2.05, 4.69) is 15.6 Å². The van der Waals surface area contributed by atoms with E-state index in [1.807, 2.05) is 24.0 Å². The zero-order valence-corrected chi connectivity index (χ0v) is 17.0. The molecule has 1 aliphatic heterocycles. The Morgan fingerprint density at radius 3 is 2.41 bits per heavy atom. The Bertz CT molecular complexity index is 739. The van der Waals surface area contributed by atoms with Gasteiger partial charge in [-0.05, 0) is 43.9 Å². The fourth-order valence-electron chi connectivity index (χ4n) is 2.96. The van der Waals surface area contributed by atoms with Crippen LogP contribution in [0.4, 0.5) is 0 Å². The van der Waals surface area contributed by atoms with Gasteiger partial charge in [0.25, 0.3) is 0 Å². The number of amides is 1. The second kappa shape index (κ2) is 10.3. The van der Waals surface area contributed by atoms with E-state index in [4.69, 9.17) is 0 Å². The van der Waals surface area contributed by atoms with Gasteiger partial charge in [-0.25, -0.2) is 8.42 Å². The van der Waals surface area contributed by atoms with Gasteiger partial charge in [0.15, 0.2) is 15.8 Å². The molecule has 0 saturated carbocycles. The number of hydrogen-bond donors (Lipinski definition) is 2. The Kier molecular flexibility index (Phi) is 8.09. The van der Waals surface area contributed by atoms with Gasteiger partial charge >= 0.3 is 0 Å². The molecule has 0 unspecified atom stereocenters. The van der Waals surface area contributed by atoms with Gasteiger partial charge in [-0.3, -0.25) is 9.79 Å². The van der Waals surface area contributed by atoms with Crippen LogP contribution in [0, 0.1) is 0 Å². The minimum Gasteiger partial charge on any atom is -0.357 e. The highest BCUT2D eigenvalue weighted by Gasteiger charge is 2.16. The first kappa shape index (κ1) is 21.2. The van der Waals surface area contributed by atoms with Gasteiger partial charge in [0.05, 0.1) is 11.4 Å². The van der Waals surface area contributed by atoms with Crippen LogP contribution in [0.2, 0.25) is 0 Å². The van der Waals surface area contributed by atoms with E-state index in [1.54, 1.807) is 12.1 Å². The molecule has 7 nitrogen and oxygen atoms in total. The molecule has 0 aromatic heterocycles. The van der Waals surface area contributed by atoms with E-state index < -0.39 is 9.84 Å². The Morgan fingerprint density at radius 2 is 1.81 bits per heavy atom. The highest BCUT2D eigenvalue weighted by molar-refractivity contribution is 7.90. The van der Waals surface area contributed by atoms with Crippen molar-refractivity contribution in [2.24, 2.45) is 4.99 Å². The van der Waals surface area contributed by atoms with Crippen LogP contribution in [0.3, 0.4) is 0 Å². The Morgan fingerprint density at radius 1 is 1.15 bits per heavy atom. The number of nitrogens with one attached hydrogen (secondary N) is 2.